The molecule has 3 aromatic carbocycles. The predicted molar refractivity (Wildman–Crippen MR) is 198 cm³/mol. The highest BCUT2D eigenvalue weighted by molar-refractivity contribution is 7.91. The van der Waals surface area contributed by atoms with Gasteiger partial charge in [-0.2, -0.15) is 4.31 Å². The van der Waals surface area contributed by atoms with Gasteiger partial charge in [-0.3, -0.25) is 4.79 Å². The molecule has 5 rings (SSSR count). The van der Waals surface area contributed by atoms with Gasteiger partial charge >= 0.3 is 6.03 Å². The van der Waals surface area contributed by atoms with Gasteiger partial charge in [0, 0.05) is 43.7 Å². The first-order valence-electron chi connectivity index (χ1n) is 16.9. The SMILES string of the molecule is C[C@H](CO)N1C[C@H](C)[C@H](CN(C)S(=O)(=O)c2cccs2)OCCCC[C@H](C)Oc2ccc(NC(=O)Nc3cccc4ccccc34)cc2C1=O. The number of aliphatic hydroxyl groups excluding tert-OH is 1. The van der Waals surface area contributed by atoms with Crippen molar-refractivity contribution in [2.24, 2.45) is 5.92 Å². The summed E-state index contributed by atoms with van der Waals surface area (Å²) in [6, 6.07) is 20.6. The summed E-state index contributed by atoms with van der Waals surface area (Å²) in [6.07, 6.45) is 1.50. The average molecular weight is 723 g/mol. The van der Waals surface area contributed by atoms with E-state index in [0.29, 0.717) is 30.2 Å². The summed E-state index contributed by atoms with van der Waals surface area (Å²) in [4.78, 5) is 29.2. The number of nitrogens with one attached hydrogen (secondary N) is 2. The Morgan fingerprint density at radius 2 is 1.84 bits per heavy atom. The molecule has 4 atom stereocenters. The Morgan fingerprint density at radius 3 is 2.60 bits per heavy atom. The number of thiophene rings is 1. The number of amides is 3. The first-order chi connectivity index (χ1) is 24.0. The number of ether oxygens (including phenoxy) is 2. The Hall–Kier alpha value is -4.01. The molecule has 0 radical (unpaired) electrons. The maximum atomic E-state index is 14.4. The van der Waals surface area contributed by atoms with Crippen molar-refractivity contribution in [2.75, 3.05) is 44.0 Å². The Balaban J connectivity index is 1.42. The number of carbonyl (C=O) groups is 2. The summed E-state index contributed by atoms with van der Waals surface area (Å²) in [5.74, 6) is -0.334. The molecule has 2 heterocycles. The number of hydrogen-bond acceptors (Lipinski definition) is 8. The Morgan fingerprint density at radius 1 is 1.06 bits per heavy atom. The fourth-order valence-electron chi connectivity index (χ4n) is 6.00. The van der Waals surface area contributed by atoms with Gasteiger partial charge in [0.05, 0.1) is 36.1 Å². The summed E-state index contributed by atoms with van der Waals surface area (Å²) >= 11 is 1.16. The predicted octanol–water partition coefficient (Wildman–Crippen LogP) is 6.66. The van der Waals surface area contributed by atoms with Crippen LogP contribution >= 0.6 is 11.3 Å². The summed E-state index contributed by atoms with van der Waals surface area (Å²) in [5, 5.41) is 19.6. The van der Waals surface area contributed by atoms with Crippen LogP contribution in [0.5, 0.6) is 5.75 Å². The third-order valence-corrected chi connectivity index (χ3v) is 12.1. The number of hydrogen-bond donors (Lipinski definition) is 3. The largest absolute Gasteiger partial charge is 0.490 e. The molecule has 268 valence electrons. The highest BCUT2D eigenvalue weighted by atomic mass is 32.2. The molecule has 0 bridgehead atoms. The lowest BCUT2D eigenvalue weighted by molar-refractivity contribution is -0.00832. The van der Waals surface area contributed by atoms with E-state index in [9.17, 15) is 23.1 Å². The van der Waals surface area contributed by atoms with Gasteiger partial charge in [-0.15, -0.1) is 11.3 Å². The lowest BCUT2D eigenvalue weighted by Gasteiger charge is -2.35. The summed E-state index contributed by atoms with van der Waals surface area (Å²) in [7, 11) is -2.19. The van der Waals surface area contributed by atoms with E-state index in [0.717, 1.165) is 35.0 Å². The number of fused-ring (bicyclic) bond motifs is 2. The standard InChI is InChI=1S/C37H46N4O7S2/c1-25-22-41(26(2)24-42)36(43)31-21-29(38-37(44)39-32-15-9-13-28-12-5-6-14-30(28)32)17-18-33(31)48-27(3)11-7-8-19-47-34(25)23-40(4)50(45,46)35-16-10-20-49-35/h5-6,9-10,12-18,20-21,25-27,34,42H,7-8,11,19,22-24H2,1-4H3,(H2,38,39,44)/t25-,26+,27-,34-/m0/s1. The van der Waals surface area contributed by atoms with Gasteiger partial charge < -0.3 is 30.1 Å². The molecule has 0 saturated heterocycles. The van der Waals surface area contributed by atoms with E-state index in [-0.39, 0.29) is 41.5 Å². The van der Waals surface area contributed by atoms with Crippen molar-refractivity contribution in [2.45, 2.75) is 62.5 Å². The summed E-state index contributed by atoms with van der Waals surface area (Å²) in [6.45, 7) is 5.99. The van der Waals surface area contributed by atoms with Gasteiger partial charge in [0.2, 0.25) is 0 Å². The molecule has 50 heavy (non-hydrogen) atoms. The topological polar surface area (TPSA) is 138 Å². The van der Waals surface area contributed by atoms with Crippen LogP contribution in [-0.4, -0.2) is 86.3 Å². The number of sulfonamides is 1. The van der Waals surface area contributed by atoms with Crippen molar-refractivity contribution in [3.8, 4) is 5.75 Å². The third-order valence-electron chi connectivity index (χ3n) is 8.94. The zero-order valence-electron chi connectivity index (χ0n) is 28.9. The molecular weight excluding hydrogens is 677 g/mol. The van der Waals surface area contributed by atoms with Gasteiger partial charge in [-0.1, -0.05) is 49.4 Å². The molecule has 1 aliphatic rings. The Labute approximate surface area is 298 Å². The van der Waals surface area contributed by atoms with E-state index >= 15 is 0 Å². The number of anilines is 2. The molecule has 0 fully saturated rings. The molecule has 1 aliphatic heterocycles. The van der Waals surface area contributed by atoms with E-state index in [4.69, 9.17) is 9.47 Å². The fraction of sp³-hybridized carbons (Fsp3) is 0.405. The van der Waals surface area contributed by atoms with Crippen LogP contribution in [0.25, 0.3) is 10.8 Å². The van der Waals surface area contributed by atoms with Crippen molar-refractivity contribution >= 4 is 55.4 Å². The van der Waals surface area contributed by atoms with Crippen LogP contribution < -0.4 is 15.4 Å². The van der Waals surface area contributed by atoms with Crippen molar-refractivity contribution in [3.05, 3.63) is 83.7 Å². The first-order valence-corrected chi connectivity index (χ1v) is 19.2. The summed E-state index contributed by atoms with van der Waals surface area (Å²) in [5.41, 5.74) is 1.27. The number of benzene rings is 3. The maximum absolute atomic E-state index is 14.4. The molecule has 0 aliphatic carbocycles. The smallest absolute Gasteiger partial charge is 0.323 e. The molecule has 0 unspecified atom stereocenters. The number of carbonyl (C=O) groups excluding carboxylic acids is 2. The van der Waals surface area contributed by atoms with Crippen LogP contribution in [0.3, 0.4) is 0 Å². The van der Waals surface area contributed by atoms with E-state index in [1.54, 1.807) is 47.5 Å². The van der Waals surface area contributed by atoms with Crippen LogP contribution in [-0.2, 0) is 14.8 Å². The van der Waals surface area contributed by atoms with Crippen LogP contribution in [0.2, 0.25) is 0 Å². The molecule has 3 amide bonds. The minimum atomic E-state index is -3.72. The third kappa shape index (κ3) is 9.01. The van der Waals surface area contributed by atoms with Gasteiger partial charge in [0.25, 0.3) is 15.9 Å². The van der Waals surface area contributed by atoms with Gasteiger partial charge in [-0.05, 0) is 74.2 Å². The molecule has 0 spiro atoms. The first kappa shape index (κ1) is 37.3. The number of likely N-dealkylation sites (N-methyl/N-ethyl adjacent to an activating group) is 1. The van der Waals surface area contributed by atoms with Crippen molar-refractivity contribution in [1.29, 1.82) is 0 Å². The Bertz CT molecular complexity index is 1860. The van der Waals surface area contributed by atoms with Crippen LogP contribution in [0.4, 0.5) is 16.2 Å². The van der Waals surface area contributed by atoms with Crippen LogP contribution in [0.1, 0.15) is 50.4 Å². The second-order valence-electron chi connectivity index (χ2n) is 12.8. The Kier molecular flexibility index (Phi) is 12.5. The van der Waals surface area contributed by atoms with Gasteiger partial charge in [-0.25, -0.2) is 13.2 Å². The van der Waals surface area contributed by atoms with Crippen molar-refractivity contribution in [1.82, 2.24) is 9.21 Å². The van der Waals surface area contributed by atoms with Crippen LogP contribution in [0, 0.1) is 5.92 Å². The van der Waals surface area contributed by atoms with E-state index in [2.05, 4.69) is 10.6 Å². The van der Waals surface area contributed by atoms with Gasteiger partial charge in [0.15, 0.2) is 0 Å². The zero-order valence-corrected chi connectivity index (χ0v) is 30.5. The normalized spacial score (nSPS) is 20.1. The maximum Gasteiger partial charge on any atom is 0.323 e. The molecular formula is C37H46N4O7S2. The summed E-state index contributed by atoms with van der Waals surface area (Å²) < 4.78 is 40.7. The second-order valence-corrected chi connectivity index (χ2v) is 16.1. The minimum Gasteiger partial charge on any atom is -0.490 e. The number of nitrogens with zero attached hydrogens (tertiary/aromatic N) is 2. The average Bonchev–Trinajstić information content (AvgIpc) is 3.66. The molecule has 11 nitrogen and oxygen atoms in total. The fourth-order valence-corrected chi connectivity index (χ4v) is 8.38. The van der Waals surface area contributed by atoms with E-state index < -0.39 is 34.1 Å². The van der Waals surface area contributed by atoms with Crippen LogP contribution in [0.15, 0.2) is 82.4 Å². The molecule has 3 N–H and O–H groups in total. The highest BCUT2D eigenvalue weighted by Crippen LogP contribution is 2.30. The molecule has 0 saturated carbocycles. The molecule has 4 aromatic rings. The quantitative estimate of drug-likeness (QED) is 0.185. The van der Waals surface area contributed by atoms with E-state index in [1.165, 1.54) is 11.4 Å². The number of urea groups is 1. The minimum absolute atomic E-state index is 0.0902. The molecule has 1 aromatic heterocycles. The van der Waals surface area contributed by atoms with E-state index in [1.807, 2.05) is 56.3 Å². The van der Waals surface area contributed by atoms with Gasteiger partial charge in [0.1, 0.15) is 9.96 Å². The number of aliphatic hydroxyl groups is 1. The van der Waals surface area contributed by atoms with Crippen molar-refractivity contribution < 1.29 is 32.6 Å². The zero-order chi connectivity index (χ0) is 35.8. The lowest BCUT2D eigenvalue weighted by atomic mass is 10.0. The monoisotopic (exact) mass is 722 g/mol. The number of rotatable bonds is 8. The van der Waals surface area contributed by atoms with Crippen molar-refractivity contribution in [3.63, 3.8) is 0 Å². The molecule has 13 heteroatoms. The second kappa shape index (κ2) is 16.8. The highest BCUT2D eigenvalue weighted by Gasteiger charge is 2.32. The lowest BCUT2D eigenvalue weighted by Crippen LogP contribution is -2.48.